The van der Waals surface area contributed by atoms with Gasteiger partial charge in [0.25, 0.3) is 5.91 Å². The van der Waals surface area contributed by atoms with E-state index in [4.69, 9.17) is 4.74 Å². The maximum absolute atomic E-state index is 12.9. The van der Waals surface area contributed by atoms with Crippen LogP contribution >= 0.6 is 0 Å². The second-order valence-corrected chi connectivity index (χ2v) is 9.81. The predicted octanol–water partition coefficient (Wildman–Crippen LogP) is 2.22. The number of ether oxygens (including phenoxy) is 1. The summed E-state index contributed by atoms with van der Waals surface area (Å²) in [6.07, 6.45) is 1.24. The van der Waals surface area contributed by atoms with Crippen molar-refractivity contribution in [3.8, 4) is 5.75 Å². The molecule has 7 heteroatoms. The molecule has 0 aliphatic carbocycles. The molecule has 1 aromatic carbocycles. The fraction of sp³-hybridized carbons (Fsp3) is 0.632. The van der Waals surface area contributed by atoms with Crippen molar-refractivity contribution in [3.63, 3.8) is 0 Å². The predicted molar refractivity (Wildman–Crippen MR) is 101 cm³/mol. The number of sulfonamides is 1. The van der Waals surface area contributed by atoms with Gasteiger partial charge in [0.15, 0.2) is 0 Å². The SMILES string of the molecule is COc1cccc(C(=O)N2CC[C@@H]3CN(CC(C)C)S(=O)(=O)[C@@H]3CC2)c1. The van der Waals surface area contributed by atoms with Crippen molar-refractivity contribution in [1.29, 1.82) is 0 Å². The maximum atomic E-state index is 12.9. The molecule has 1 aromatic rings. The number of likely N-dealkylation sites (tertiary alicyclic amines) is 1. The summed E-state index contributed by atoms with van der Waals surface area (Å²) >= 11 is 0. The number of amides is 1. The zero-order valence-electron chi connectivity index (χ0n) is 15.7. The van der Waals surface area contributed by atoms with Crippen LogP contribution in [0.4, 0.5) is 0 Å². The lowest BCUT2D eigenvalue weighted by molar-refractivity contribution is 0.0758. The number of nitrogens with zero attached hydrogens (tertiary/aromatic N) is 2. The molecule has 2 heterocycles. The minimum atomic E-state index is -3.26. The summed E-state index contributed by atoms with van der Waals surface area (Å²) in [5.41, 5.74) is 0.584. The minimum absolute atomic E-state index is 0.0553. The first-order chi connectivity index (χ1) is 12.3. The molecule has 2 aliphatic heterocycles. The lowest BCUT2D eigenvalue weighted by Gasteiger charge is -2.23. The van der Waals surface area contributed by atoms with Gasteiger partial charge in [0, 0.05) is 31.7 Å². The summed E-state index contributed by atoms with van der Waals surface area (Å²) in [6, 6.07) is 7.11. The summed E-state index contributed by atoms with van der Waals surface area (Å²) in [6.45, 7) is 6.33. The number of methoxy groups -OCH3 is 1. The second kappa shape index (κ2) is 7.56. The van der Waals surface area contributed by atoms with Gasteiger partial charge in [-0.2, -0.15) is 0 Å². The van der Waals surface area contributed by atoms with Crippen LogP contribution < -0.4 is 4.74 Å². The molecule has 0 aromatic heterocycles. The largest absolute Gasteiger partial charge is 0.497 e. The first kappa shape index (κ1) is 19.2. The zero-order valence-corrected chi connectivity index (χ0v) is 16.5. The smallest absolute Gasteiger partial charge is 0.253 e. The average Bonchev–Trinajstić information content (AvgIpc) is 2.76. The van der Waals surface area contributed by atoms with Gasteiger partial charge in [-0.1, -0.05) is 19.9 Å². The number of benzene rings is 1. The van der Waals surface area contributed by atoms with E-state index in [1.54, 1.807) is 40.6 Å². The standard InChI is InChI=1S/C19H28N2O4S/c1-14(2)12-21-13-16-7-9-20(10-8-18(16)26(21,23)24)19(22)15-5-4-6-17(11-15)25-3/h4-6,11,14,16,18H,7-10,12-13H2,1-3H3/t16-,18-/m1/s1. The molecule has 6 nitrogen and oxygen atoms in total. The molecule has 2 aliphatic rings. The van der Waals surface area contributed by atoms with E-state index in [2.05, 4.69) is 0 Å². The Hall–Kier alpha value is -1.60. The summed E-state index contributed by atoms with van der Waals surface area (Å²) in [4.78, 5) is 14.6. The van der Waals surface area contributed by atoms with Gasteiger partial charge in [-0.15, -0.1) is 0 Å². The van der Waals surface area contributed by atoms with E-state index in [-0.39, 0.29) is 17.1 Å². The minimum Gasteiger partial charge on any atom is -0.497 e. The van der Waals surface area contributed by atoms with Crippen molar-refractivity contribution in [3.05, 3.63) is 29.8 Å². The molecule has 0 radical (unpaired) electrons. The molecule has 2 fully saturated rings. The van der Waals surface area contributed by atoms with Gasteiger partial charge in [-0.05, 0) is 42.9 Å². The molecular formula is C19H28N2O4S. The van der Waals surface area contributed by atoms with E-state index in [0.717, 1.165) is 6.42 Å². The Morgan fingerprint density at radius 3 is 2.69 bits per heavy atom. The third-order valence-electron chi connectivity index (χ3n) is 5.33. The van der Waals surface area contributed by atoms with Gasteiger partial charge >= 0.3 is 0 Å². The molecule has 26 heavy (non-hydrogen) atoms. The lowest BCUT2D eigenvalue weighted by atomic mass is 10.0. The third-order valence-corrected chi connectivity index (χ3v) is 7.74. The number of hydrogen-bond acceptors (Lipinski definition) is 4. The number of carbonyl (C=O) groups is 1. The molecule has 0 bridgehead atoms. The van der Waals surface area contributed by atoms with Crippen molar-refractivity contribution in [2.45, 2.75) is 31.9 Å². The van der Waals surface area contributed by atoms with Gasteiger partial charge in [0.2, 0.25) is 10.0 Å². The first-order valence-corrected chi connectivity index (χ1v) is 10.8. The molecule has 144 valence electrons. The number of fused-ring (bicyclic) bond motifs is 1. The summed E-state index contributed by atoms with van der Waals surface area (Å²) < 4.78 is 32.6. The van der Waals surface area contributed by atoms with Crippen molar-refractivity contribution in [2.24, 2.45) is 11.8 Å². The van der Waals surface area contributed by atoms with Gasteiger partial charge in [-0.25, -0.2) is 12.7 Å². The second-order valence-electron chi connectivity index (χ2n) is 7.66. The van der Waals surface area contributed by atoms with Gasteiger partial charge < -0.3 is 9.64 Å². The first-order valence-electron chi connectivity index (χ1n) is 9.25. The summed E-state index contributed by atoms with van der Waals surface area (Å²) in [5, 5.41) is -0.357. The van der Waals surface area contributed by atoms with Crippen LogP contribution in [-0.4, -0.2) is 62.1 Å². The van der Waals surface area contributed by atoms with E-state index in [0.29, 0.717) is 49.8 Å². The Morgan fingerprint density at radius 1 is 1.27 bits per heavy atom. The number of rotatable bonds is 4. The monoisotopic (exact) mass is 380 g/mol. The van der Waals surface area contributed by atoms with E-state index < -0.39 is 10.0 Å². The van der Waals surface area contributed by atoms with Crippen LogP contribution in [0.2, 0.25) is 0 Å². The van der Waals surface area contributed by atoms with Crippen molar-refractivity contribution < 1.29 is 17.9 Å². The molecule has 0 unspecified atom stereocenters. The molecule has 2 saturated heterocycles. The molecule has 3 rings (SSSR count). The Bertz CT molecular complexity index is 763. The highest BCUT2D eigenvalue weighted by Gasteiger charge is 2.47. The summed E-state index contributed by atoms with van der Waals surface area (Å²) in [5.74, 6) is 1.02. The van der Waals surface area contributed by atoms with E-state index in [1.807, 2.05) is 13.8 Å². The highest BCUT2D eigenvalue weighted by atomic mass is 32.2. The molecular weight excluding hydrogens is 352 g/mol. The van der Waals surface area contributed by atoms with Crippen molar-refractivity contribution in [1.82, 2.24) is 9.21 Å². The van der Waals surface area contributed by atoms with E-state index in [1.165, 1.54) is 0 Å². The van der Waals surface area contributed by atoms with Crippen LogP contribution in [0.15, 0.2) is 24.3 Å². The Kier molecular flexibility index (Phi) is 5.58. The van der Waals surface area contributed by atoms with Gasteiger partial charge in [0.05, 0.1) is 12.4 Å². The van der Waals surface area contributed by atoms with E-state index in [9.17, 15) is 13.2 Å². The number of hydrogen-bond donors (Lipinski definition) is 0. The van der Waals surface area contributed by atoms with Crippen LogP contribution in [0, 0.1) is 11.8 Å². The van der Waals surface area contributed by atoms with Crippen LogP contribution in [0.5, 0.6) is 5.75 Å². The highest BCUT2D eigenvalue weighted by Crippen LogP contribution is 2.35. The van der Waals surface area contributed by atoms with Crippen LogP contribution in [-0.2, 0) is 10.0 Å². The topological polar surface area (TPSA) is 66.9 Å². The van der Waals surface area contributed by atoms with Crippen LogP contribution in [0.1, 0.15) is 37.0 Å². The third kappa shape index (κ3) is 3.74. The Morgan fingerprint density at radius 2 is 2.00 bits per heavy atom. The normalized spacial score (nSPS) is 25.8. The molecule has 0 saturated carbocycles. The van der Waals surface area contributed by atoms with Crippen LogP contribution in [0.25, 0.3) is 0 Å². The van der Waals surface area contributed by atoms with E-state index >= 15 is 0 Å². The van der Waals surface area contributed by atoms with Crippen molar-refractivity contribution in [2.75, 3.05) is 33.3 Å². The molecule has 1 amide bonds. The van der Waals surface area contributed by atoms with Gasteiger partial charge in [0.1, 0.15) is 5.75 Å². The fourth-order valence-electron chi connectivity index (χ4n) is 4.02. The van der Waals surface area contributed by atoms with Crippen molar-refractivity contribution >= 4 is 15.9 Å². The van der Waals surface area contributed by atoms with Crippen LogP contribution in [0.3, 0.4) is 0 Å². The molecule has 0 N–H and O–H groups in total. The Balaban J connectivity index is 1.71. The average molecular weight is 381 g/mol. The fourth-order valence-corrected chi connectivity index (χ4v) is 6.42. The Labute approximate surface area is 156 Å². The maximum Gasteiger partial charge on any atom is 0.253 e. The quantitative estimate of drug-likeness (QED) is 0.803. The summed E-state index contributed by atoms with van der Waals surface area (Å²) in [7, 11) is -1.68. The lowest BCUT2D eigenvalue weighted by Crippen LogP contribution is -2.35. The molecule has 2 atom stereocenters. The zero-order chi connectivity index (χ0) is 18.9. The highest BCUT2D eigenvalue weighted by molar-refractivity contribution is 7.90. The van der Waals surface area contributed by atoms with Gasteiger partial charge in [-0.3, -0.25) is 4.79 Å². The molecule has 0 spiro atoms. The number of carbonyl (C=O) groups excluding carboxylic acids is 1.